The highest BCUT2D eigenvalue weighted by atomic mass is 35.5. The van der Waals surface area contributed by atoms with Crippen LogP contribution in [-0.2, 0) is 20.0 Å². The van der Waals surface area contributed by atoms with Crippen molar-refractivity contribution in [2.45, 2.75) is 9.79 Å². The second-order valence-electron chi connectivity index (χ2n) is 6.21. The fourth-order valence-electron chi connectivity index (χ4n) is 2.18. The number of nitrogens with zero attached hydrogens (tertiary/aromatic N) is 2. The third kappa shape index (κ3) is 7.34. The van der Waals surface area contributed by atoms with Crippen molar-refractivity contribution in [1.29, 1.82) is 0 Å². The van der Waals surface area contributed by atoms with Gasteiger partial charge in [-0.25, -0.2) is 21.8 Å². The van der Waals surface area contributed by atoms with Gasteiger partial charge in [0, 0.05) is 46.9 Å². The van der Waals surface area contributed by atoms with Gasteiger partial charge in [-0.2, -0.15) is 0 Å². The van der Waals surface area contributed by atoms with E-state index in [1.165, 1.54) is 30.0 Å². The number of H-pyrrole nitrogens is 1. The molecule has 0 radical (unpaired) electrons. The van der Waals surface area contributed by atoms with Crippen molar-refractivity contribution in [2.75, 3.05) is 19.0 Å². The van der Waals surface area contributed by atoms with E-state index in [-0.39, 0.29) is 14.9 Å². The van der Waals surface area contributed by atoms with E-state index in [2.05, 4.69) is 14.0 Å². The Morgan fingerprint density at radius 3 is 1.81 bits per heavy atom. The van der Waals surface area contributed by atoms with Gasteiger partial charge in [-0.05, 0) is 42.5 Å². The molecule has 7 nitrogen and oxygen atoms in total. The van der Waals surface area contributed by atoms with Gasteiger partial charge in [-0.1, -0.05) is 34.8 Å². The summed E-state index contributed by atoms with van der Waals surface area (Å²) in [5.74, 6) is 0. The number of hydrogen-bond acceptors (Lipinski definition) is 5. The van der Waals surface area contributed by atoms with Crippen LogP contribution in [0.2, 0.25) is 15.1 Å². The van der Waals surface area contributed by atoms with Gasteiger partial charge in [0.2, 0.25) is 0 Å². The molecule has 0 unspecified atom stereocenters. The molecule has 0 amide bonds. The molecule has 0 aliphatic rings. The number of nitrogens with one attached hydrogen (secondary N) is 1. The average molecular weight is 523 g/mol. The molecular weight excluding hydrogens is 505 g/mol. The summed E-state index contributed by atoms with van der Waals surface area (Å²) in [5, 5.41) is 0.301. The monoisotopic (exact) mass is 521 g/mol. The SMILES string of the molecule is CN(C)c1cc[nH+]cc1.O=S(=O)([N-]S(=O)(=O)c1ccc(Cl)cc1Cl)c1ccc(Cl)cc1. The van der Waals surface area contributed by atoms with Crippen molar-refractivity contribution in [1.82, 2.24) is 0 Å². The Kier molecular flexibility index (Phi) is 8.70. The average Bonchev–Trinajstić information content (AvgIpc) is 2.68. The lowest BCUT2D eigenvalue weighted by Gasteiger charge is -2.21. The standard InChI is InChI=1S/C12H7Cl3NO4S2.C7H10N2/c13-8-1-4-10(5-2-8)21(17,18)16-22(19,20)12-6-3-9(14)7-11(12)15;1-9(2)7-3-5-8-6-4-7/h1-7H;3-6H,1-2H3/q-1;/p+1. The zero-order chi connectivity index (χ0) is 23.2. The molecule has 12 heteroatoms. The smallest absolute Gasteiger partial charge is 0.169 e. The van der Waals surface area contributed by atoms with Crippen LogP contribution in [0.15, 0.2) is 76.8 Å². The van der Waals surface area contributed by atoms with Crippen LogP contribution >= 0.6 is 34.8 Å². The van der Waals surface area contributed by atoms with Crippen molar-refractivity contribution >= 4 is 60.5 Å². The van der Waals surface area contributed by atoms with Crippen LogP contribution in [0.1, 0.15) is 0 Å². The number of halogens is 3. The van der Waals surface area contributed by atoms with Gasteiger partial charge in [0.1, 0.15) is 20.0 Å². The van der Waals surface area contributed by atoms with Gasteiger partial charge in [0.25, 0.3) is 0 Å². The van der Waals surface area contributed by atoms with E-state index in [0.29, 0.717) is 5.02 Å². The topological polar surface area (TPSA) is 99.8 Å². The number of benzene rings is 2. The number of anilines is 1. The maximum atomic E-state index is 12.1. The first-order chi connectivity index (χ1) is 14.4. The Hall–Kier alpha value is -1.88. The molecule has 1 heterocycles. The minimum absolute atomic E-state index is 0.213. The minimum atomic E-state index is -4.51. The van der Waals surface area contributed by atoms with Crippen molar-refractivity contribution in [2.24, 2.45) is 0 Å². The lowest BCUT2D eigenvalue weighted by Crippen LogP contribution is -2.10. The van der Waals surface area contributed by atoms with E-state index >= 15 is 0 Å². The predicted octanol–water partition coefficient (Wildman–Crippen LogP) is 4.66. The number of pyridine rings is 1. The molecule has 2 aromatic carbocycles. The van der Waals surface area contributed by atoms with E-state index < -0.39 is 24.9 Å². The van der Waals surface area contributed by atoms with Crippen LogP contribution in [0.4, 0.5) is 5.69 Å². The Morgan fingerprint density at radius 1 is 0.774 bits per heavy atom. The molecule has 3 rings (SSSR count). The Morgan fingerprint density at radius 2 is 1.32 bits per heavy atom. The molecule has 0 aliphatic heterocycles. The second-order valence-corrected chi connectivity index (χ2v) is 10.9. The maximum Gasteiger partial charge on any atom is 0.169 e. The normalized spacial score (nSPS) is 11.4. The fraction of sp³-hybridized carbons (Fsp3) is 0.105. The Bertz CT molecular complexity index is 1240. The van der Waals surface area contributed by atoms with Crippen molar-refractivity contribution < 1.29 is 21.8 Å². The number of sulfonamides is 2. The third-order valence-corrected chi connectivity index (χ3v) is 7.96. The molecule has 3 aromatic rings. The fourth-order valence-corrected chi connectivity index (χ4v) is 5.73. The highest BCUT2D eigenvalue weighted by Crippen LogP contribution is 2.31. The molecule has 0 spiro atoms. The van der Waals surface area contributed by atoms with Crippen molar-refractivity contribution in [3.8, 4) is 0 Å². The summed E-state index contributed by atoms with van der Waals surface area (Å²) in [6.45, 7) is 0. The molecule has 0 aliphatic carbocycles. The number of rotatable bonds is 5. The lowest BCUT2D eigenvalue weighted by atomic mass is 10.4. The minimum Gasteiger partial charge on any atom is -0.428 e. The van der Waals surface area contributed by atoms with Crippen LogP contribution in [0.5, 0.6) is 0 Å². The van der Waals surface area contributed by atoms with E-state index in [9.17, 15) is 16.8 Å². The number of hydrogen-bond donors (Lipinski definition) is 0. The van der Waals surface area contributed by atoms with E-state index in [0.717, 1.165) is 18.2 Å². The number of aromatic amines is 1. The number of aromatic nitrogens is 1. The molecule has 1 aromatic heterocycles. The summed E-state index contributed by atoms with van der Waals surface area (Å²) in [7, 11) is -4.89. The molecule has 31 heavy (non-hydrogen) atoms. The maximum absolute atomic E-state index is 12.1. The highest BCUT2D eigenvalue weighted by Gasteiger charge is 2.16. The summed E-state index contributed by atoms with van der Waals surface area (Å²) in [4.78, 5) is 4.28. The van der Waals surface area contributed by atoms with Gasteiger partial charge >= 0.3 is 0 Å². The van der Waals surface area contributed by atoms with Crippen LogP contribution in [-0.4, -0.2) is 30.9 Å². The third-order valence-electron chi connectivity index (χ3n) is 3.70. The quantitative estimate of drug-likeness (QED) is 0.485. The summed E-state index contributed by atoms with van der Waals surface area (Å²) in [5.41, 5.74) is 1.22. The lowest BCUT2D eigenvalue weighted by molar-refractivity contribution is -0.377. The molecule has 0 bridgehead atoms. The van der Waals surface area contributed by atoms with Crippen molar-refractivity contribution in [3.05, 3.63) is 86.2 Å². The molecule has 0 fully saturated rings. The van der Waals surface area contributed by atoms with Crippen LogP contribution in [0, 0.1) is 0 Å². The Balaban J connectivity index is 0.000000316. The van der Waals surface area contributed by atoms with E-state index in [1.54, 1.807) is 0 Å². The van der Waals surface area contributed by atoms with Gasteiger partial charge in [0.15, 0.2) is 12.4 Å². The molecular formula is C19H18Cl3N3O4S2. The Labute approximate surface area is 196 Å². The van der Waals surface area contributed by atoms with Crippen LogP contribution in [0.3, 0.4) is 0 Å². The zero-order valence-electron chi connectivity index (χ0n) is 16.3. The zero-order valence-corrected chi connectivity index (χ0v) is 20.2. The first-order valence-corrected chi connectivity index (χ1v) is 12.5. The van der Waals surface area contributed by atoms with Crippen LogP contribution < -0.4 is 9.88 Å². The first-order valence-electron chi connectivity index (χ1n) is 8.51. The summed E-state index contributed by atoms with van der Waals surface area (Å²) < 4.78 is 51.3. The molecule has 1 N–H and O–H groups in total. The molecule has 0 saturated heterocycles. The largest absolute Gasteiger partial charge is 0.428 e. The van der Waals surface area contributed by atoms with Crippen molar-refractivity contribution in [3.63, 3.8) is 0 Å². The van der Waals surface area contributed by atoms with E-state index in [1.807, 2.05) is 38.6 Å². The second kappa shape index (κ2) is 10.6. The summed E-state index contributed by atoms with van der Waals surface area (Å²) in [6.07, 6.45) is 3.82. The molecule has 0 saturated carbocycles. The van der Waals surface area contributed by atoms with Gasteiger partial charge < -0.3 is 9.03 Å². The summed E-state index contributed by atoms with van der Waals surface area (Å²) >= 11 is 17.1. The van der Waals surface area contributed by atoms with Gasteiger partial charge in [-0.3, -0.25) is 0 Å². The summed E-state index contributed by atoms with van der Waals surface area (Å²) in [6, 6.07) is 12.5. The highest BCUT2D eigenvalue weighted by molar-refractivity contribution is 8.12. The van der Waals surface area contributed by atoms with Crippen LogP contribution in [0.25, 0.3) is 4.13 Å². The first kappa shape index (κ1) is 25.4. The molecule has 166 valence electrons. The van der Waals surface area contributed by atoms with E-state index in [4.69, 9.17) is 34.8 Å². The van der Waals surface area contributed by atoms with Gasteiger partial charge in [0.05, 0.1) is 9.92 Å². The van der Waals surface area contributed by atoms with Gasteiger partial charge in [-0.15, -0.1) is 0 Å². The molecule has 0 atom stereocenters. The predicted molar refractivity (Wildman–Crippen MR) is 123 cm³/mol.